The molecule has 170 valence electrons. The number of benzene rings is 1. The first kappa shape index (κ1) is 23.6. The standard InChI is InChI=1S/C25H35ClN2O3/c1-16(2)20-15-28(13-10-22(29)30)23(31)27-25(20,5)18-6-7-19(21(26)14-18)17-8-11-24(3,4)12-9-17/h6-7,14-17H,8-13H2,1-5H3,(H,27,31)(H,29,30)/t25-/m0/s1. The lowest BCUT2D eigenvalue weighted by Crippen LogP contribution is -2.55. The highest BCUT2D eigenvalue weighted by Gasteiger charge is 2.40. The number of halogens is 1. The second kappa shape index (κ2) is 8.85. The third kappa shape index (κ3) is 5.08. The van der Waals surface area contributed by atoms with Crippen LogP contribution in [0.15, 0.2) is 30.0 Å². The number of hydrogen-bond donors (Lipinski definition) is 2. The van der Waals surface area contributed by atoms with Crippen molar-refractivity contribution in [1.82, 2.24) is 10.2 Å². The van der Waals surface area contributed by atoms with Crippen molar-refractivity contribution in [3.63, 3.8) is 0 Å². The van der Waals surface area contributed by atoms with E-state index in [0.717, 1.165) is 29.0 Å². The van der Waals surface area contributed by atoms with Crippen LogP contribution in [0.3, 0.4) is 0 Å². The first-order valence-corrected chi connectivity index (χ1v) is 11.6. The van der Waals surface area contributed by atoms with Crippen LogP contribution in [0.4, 0.5) is 4.79 Å². The van der Waals surface area contributed by atoms with Gasteiger partial charge in [0.05, 0.1) is 12.0 Å². The van der Waals surface area contributed by atoms with Gasteiger partial charge in [-0.1, -0.05) is 51.4 Å². The largest absolute Gasteiger partial charge is 0.481 e. The predicted molar refractivity (Wildman–Crippen MR) is 124 cm³/mol. The highest BCUT2D eigenvalue weighted by atomic mass is 35.5. The predicted octanol–water partition coefficient (Wildman–Crippen LogP) is 6.28. The monoisotopic (exact) mass is 446 g/mol. The van der Waals surface area contributed by atoms with Gasteiger partial charge in [0, 0.05) is 17.8 Å². The Morgan fingerprint density at radius 2 is 1.90 bits per heavy atom. The summed E-state index contributed by atoms with van der Waals surface area (Å²) in [6.45, 7) is 11.0. The molecule has 0 bridgehead atoms. The topological polar surface area (TPSA) is 69.6 Å². The number of urea groups is 1. The summed E-state index contributed by atoms with van der Waals surface area (Å²) in [4.78, 5) is 25.2. The summed E-state index contributed by atoms with van der Waals surface area (Å²) in [5.41, 5.74) is 2.89. The van der Waals surface area contributed by atoms with E-state index < -0.39 is 11.5 Å². The molecule has 0 saturated heterocycles. The Bertz CT molecular complexity index is 883. The maximum Gasteiger partial charge on any atom is 0.322 e. The van der Waals surface area contributed by atoms with Gasteiger partial charge in [-0.25, -0.2) is 4.79 Å². The number of carbonyl (C=O) groups excluding carboxylic acids is 1. The summed E-state index contributed by atoms with van der Waals surface area (Å²) in [7, 11) is 0. The van der Waals surface area contributed by atoms with Gasteiger partial charge in [-0.2, -0.15) is 0 Å². The molecule has 1 aromatic carbocycles. The minimum absolute atomic E-state index is 0.0925. The molecular weight excluding hydrogens is 412 g/mol. The van der Waals surface area contributed by atoms with Crippen LogP contribution >= 0.6 is 11.6 Å². The molecule has 2 amide bonds. The van der Waals surface area contributed by atoms with Crippen LogP contribution in [0.5, 0.6) is 0 Å². The molecule has 0 radical (unpaired) electrons. The SMILES string of the molecule is CC(C)C1=CN(CCC(=O)O)C(=O)N[C@@]1(C)c1ccc(C2CCC(C)(C)CC2)c(Cl)c1. The molecule has 1 atom stereocenters. The van der Waals surface area contributed by atoms with Gasteiger partial charge in [-0.15, -0.1) is 0 Å². The van der Waals surface area contributed by atoms with Gasteiger partial charge in [-0.05, 0) is 72.6 Å². The molecule has 0 unspecified atom stereocenters. The lowest BCUT2D eigenvalue weighted by Gasteiger charge is -2.42. The van der Waals surface area contributed by atoms with Crippen LogP contribution in [0, 0.1) is 11.3 Å². The fourth-order valence-electron chi connectivity index (χ4n) is 4.94. The van der Waals surface area contributed by atoms with E-state index >= 15 is 0 Å². The van der Waals surface area contributed by atoms with Crippen molar-refractivity contribution in [2.75, 3.05) is 6.54 Å². The van der Waals surface area contributed by atoms with Gasteiger partial charge in [0.1, 0.15) is 0 Å². The number of hydrogen-bond acceptors (Lipinski definition) is 2. The van der Waals surface area contributed by atoms with Crippen LogP contribution in [-0.2, 0) is 10.3 Å². The zero-order chi connectivity index (χ0) is 23.0. The Morgan fingerprint density at radius 3 is 2.45 bits per heavy atom. The number of amides is 2. The lowest BCUT2D eigenvalue weighted by atomic mass is 9.71. The zero-order valence-electron chi connectivity index (χ0n) is 19.3. The minimum Gasteiger partial charge on any atom is -0.481 e. The second-order valence-corrected chi connectivity index (χ2v) is 10.7. The quantitative estimate of drug-likeness (QED) is 0.540. The van der Waals surface area contributed by atoms with Gasteiger partial charge < -0.3 is 15.3 Å². The van der Waals surface area contributed by atoms with Crippen molar-refractivity contribution in [1.29, 1.82) is 0 Å². The second-order valence-electron chi connectivity index (χ2n) is 10.3. The average Bonchev–Trinajstić information content (AvgIpc) is 2.67. The molecule has 5 nitrogen and oxygen atoms in total. The first-order chi connectivity index (χ1) is 14.4. The van der Waals surface area contributed by atoms with Crippen molar-refractivity contribution in [2.45, 2.75) is 78.2 Å². The summed E-state index contributed by atoms with van der Waals surface area (Å²) in [5, 5.41) is 12.9. The number of nitrogens with zero attached hydrogens (tertiary/aromatic N) is 1. The third-order valence-corrected chi connectivity index (χ3v) is 7.36. The van der Waals surface area contributed by atoms with E-state index in [4.69, 9.17) is 16.7 Å². The molecule has 2 aliphatic rings. The smallest absolute Gasteiger partial charge is 0.322 e. The summed E-state index contributed by atoms with van der Waals surface area (Å²) in [6.07, 6.45) is 6.43. The molecule has 0 aromatic heterocycles. The fourth-order valence-corrected chi connectivity index (χ4v) is 5.28. The van der Waals surface area contributed by atoms with Crippen LogP contribution < -0.4 is 5.32 Å². The molecule has 3 rings (SSSR count). The summed E-state index contributed by atoms with van der Waals surface area (Å²) < 4.78 is 0. The molecule has 1 saturated carbocycles. The van der Waals surface area contributed by atoms with Crippen molar-refractivity contribution >= 4 is 23.6 Å². The molecule has 1 fully saturated rings. The van der Waals surface area contributed by atoms with Crippen molar-refractivity contribution < 1.29 is 14.7 Å². The Balaban J connectivity index is 1.89. The van der Waals surface area contributed by atoms with E-state index in [1.54, 1.807) is 0 Å². The Kier molecular flexibility index (Phi) is 6.75. The van der Waals surface area contributed by atoms with Crippen LogP contribution in [0.25, 0.3) is 0 Å². The van der Waals surface area contributed by atoms with E-state index in [9.17, 15) is 9.59 Å². The van der Waals surface area contributed by atoms with E-state index in [1.165, 1.54) is 23.3 Å². The van der Waals surface area contributed by atoms with Crippen LogP contribution in [0.1, 0.15) is 83.8 Å². The van der Waals surface area contributed by atoms with E-state index in [2.05, 4.69) is 45.1 Å². The molecule has 1 aliphatic heterocycles. The maximum absolute atomic E-state index is 12.8. The molecule has 1 heterocycles. The lowest BCUT2D eigenvalue weighted by molar-refractivity contribution is -0.137. The molecular formula is C25H35ClN2O3. The van der Waals surface area contributed by atoms with Crippen LogP contribution in [-0.4, -0.2) is 28.6 Å². The van der Waals surface area contributed by atoms with E-state index in [0.29, 0.717) is 11.3 Å². The Labute approximate surface area is 190 Å². The number of carbonyl (C=O) groups is 2. The van der Waals surface area contributed by atoms with Gasteiger partial charge >= 0.3 is 12.0 Å². The molecule has 6 heteroatoms. The molecule has 0 spiro atoms. The zero-order valence-corrected chi connectivity index (χ0v) is 20.1. The van der Waals surface area contributed by atoms with Crippen molar-refractivity contribution in [3.8, 4) is 0 Å². The van der Waals surface area contributed by atoms with Gasteiger partial charge in [0.15, 0.2) is 0 Å². The van der Waals surface area contributed by atoms with Crippen molar-refractivity contribution in [2.24, 2.45) is 11.3 Å². The maximum atomic E-state index is 12.8. The molecule has 31 heavy (non-hydrogen) atoms. The minimum atomic E-state index is -0.922. The average molecular weight is 447 g/mol. The normalized spacial score (nSPS) is 24.2. The fraction of sp³-hybridized carbons (Fsp3) is 0.600. The third-order valence-electron chi connectivity index (χ3n) is 7.04. The summed E-state index contributed by atoms with van der Waals surface area (Å²) in [6, 6.07) is 5.93. The highest BCUT2D eigenvalue weighted by molar-refractivity contribution is 6.31. The molecule has 1 aliphatic carbocycles. The number of carboxylic acids is 1. The van der Waals surface area contributed by atoms with Crippen molar-refractivity contribution in [3.05, 3.63) is 46.1 Å². The number of nitrogens with one attached hydrogen (secondary N) is 1. The summed E-state index contributed by atoms with van der Waals surface area (Å²) >= 11 is 6.78. The number of rotatable bonds is 6. The van der Waals surface area contributed by atoms with Gasteiger partial charge in [0.25, 0.3) is 0 Å². The Hall–Kier alpha value is -2.01. The molecule has 1 aromatic rings. The first-order valence-electron chi connectivity index (χ1n) is 11.3. The van der Waals surface area contributed by atoms with E-state index in [-0.39, 0.29) is 24.9 Å². The van der Waals surface area contributed by atoms with E-state index in [1.807, 2.05) is 19.2 Å². The van der Waals surface area contributed by atoms with Gasteiger partial charge in [0.2, 0.25) is 0 Å². The van der Waals surface area contributed by atoms with Gasteiger partial charge in [-0.3, -0.25) is 4.79 Å². The number of aliphatic carboxylic acids is 1. The molecule has 2 N–H and O–H groups in total. The Morgan fingerprint density at radius 1 is 1.26 bits per heavy atom. The summed E-state index contributed by atoms with van der Waals surface area (Å²) in [5.74, 6) is -0.277. The van der Waals surface area contributed by atoms with Crippen LogP contribution in [0.2, 0.25) is 5.02 Å². The highest BCUT2D eigenvalue weighted by Crippen LogP contribution is 2.45. The number of carboxylic acid groups (broad SMARTS) is 1.